The average Bonchev–Trinajstić information content (AvgIpc) is 3.06. The molecule has 0 aliphatic rings. The second-order valence-corrected chi connectivity index (χ2v) is 5.32. The average molecular weight is 338 g/mol. The van der Waals surface area contributed by atoms with E-state index in [4.69, 9.17) is 0 Å². The number of carbonyl (C=O) groups is 2. The normalized spacial score (nSPS) is 10.3. The lowest BCUT2D eigenvalue weighted by Crippen LogP contribution is -2.41. The lowest BCUT2D eigenvalue weighted by molar-refractivity contribution is 0.0844. The van der Waals surface area contributed by atoms with Crippen LogP contribution in [0.5, 0.6) is 0 Å². The number of halogens is 1. The summed E-state index contributed by atoms with van der Waals surface area (Å²) in [5.41, 5.74) is 6.44. The highest BCUT2D eigenvalue weighted by molar-refractivity contribution is 5.99. The Hall–Kier alpha value is -3.48. The molecule has 126 valence electrons. The highest BCUT2D eigenvalue weighted by Gasteiger charge is 2.12. The van der Waals surface area contributed by atoms with Gasteiger partial charge in [-0.3, -0.25) is 20.4 Å². The summed E-state index contributed by atoms with van der Waals surface area (Å²) in [6.45, 7) is 1.92. The van der Waals surface area contributed by atoms with Crippen LogP contribution in [0.1, 0.15) is 26.4 Å². The van der Waals surface area contributed by atoms with E-state index in [-0.39, 0.29) is 5.56 Å². The zero-order valence-electron chi connectivity index (χ0n) is 13.4. The predicted octanol–water partition coefficient (Wildman–Crippen LogP) is 2.39. The molecule has 0 unspecified atom stereocenters. The van der Waals surface area contributed by atoms with Crippen molar-refractivity contribution in [2.45, 2.75) is 6.92 Å². The minimum absolute atomic E-state index is 0.146. The van der Waals surface area contributed by atoms with E-state index in [9.17, 15) is 14.0 Å². The molecule has 1 heterocycles. The molecule has 0 fully saturated rings. The molecule has 0 aliphatic carbocycles. The van der Waals surface area contributed by atoms with E-state index in [1.807, 2.05) is 13.0 Å². The molecule has 3 rings (SSSR count). The summed E-state index contributed by atoms with van der Waals surface area (Å²) >= 11 is 0. The summed E-state index contributed by atoms with van der Waals surface area (Å²) in [7, 11) is 0. The van der Waals surface area contributed by atoms with Gasteiger partial charge in [0.25, 0.3) is 11.8 Å². The van der Waals surface area contributed by atoms with E-state index < -0.39 is 17.6 Å². The fourth-order valence-corrected chi connectivity index (χ4v) is 2.29. The molecular formula is C18H15FN4O2. The molecule has 2 N–H and O–H groups in total. The fourth-order valence-electron chi connectivity index (χ4n) is 2.29. The number of amides is 2. The number of aryl methyl sites for hydroxylation is 1. The summed E-state index contributed by atoms with van der Waals surface area (Å²) < 4.78 is 15.3. The molecule has 3 aromatic rings. The lowest BCUT2D eigenvalue weighted by atomic mass is 10.2. The first kappa shape index (κ1) is 16.4. The van der Waals surface area contributed by atoms with Crippen LogP contribution in [0.25, 0.3) is 5.69 Å². The molecule has 0 spiro atoms. The summed E-state index contributed by atoms with van der Waals surface area (Å²) in [6.07, 6.45) is 1.69. The van der Waals surface area contributed by atoms with Gasteiger partial charge in [-0.2, -0.15) is 5.10 Å². The third-order valence-electron chi connectivity index (χ3n) is 3.61. The van der Waals surface area contributed by atoms with Gasteiger partial charge in [0.2, 0.25) is 0 Å². The van der Waals surface area contributed by atoms with Crippen molar-refractivity contribution in [2.75, 3.05) is 0 Å². The van der Waals surface area contributed by atoms with Crippen molar-refractivity contribution in [1.82, 2.24) is 20.6 Å². The van der Waals surface area contributed by atoms with Crippen molar-refractivity contribution >= 4 is 11.8 Å². The van der Waals surface area contributed by atoms with Crippen LogP contribution >= 0.6 is 0 Å². The minimum Gasteiger partial charge on any atom is -0.267 e. The maximum Gasteiger partial charge on any atom is 0.272 e. The van der Waals surface area contributed by atoms with Crippen LogP contribution in [0.15, 0.2) is 60.8 Å². The number of rotatable bonds is 3. The standard InChI is InChI=1S/C18H15FN4O2/c1-12-10-11-20-23(12)14-8-6-13(7-9-14)17(24)21-22-18(25)15-4-2-3-5-16(15)19/h2-11H,1H3,(H,21,24)(H,22,25). The third-order valence-corrected chi connectivity index (χ3v) is 3.61. The molecular weight excluding hydrogens is 323 g/mol. The maximum absolute atomic E-state index is 13.5. The van der Waals surface area contributed by atoms with E-state index in [2.05, 4.69) is 16.0 Å². The van der Waals surface area contributed by atoms with Crippen LogP contribution in [0.4, 0.5) is 4.39 Å². The Kier molecular flexibility index (Phi) is 4.56. The van der Waals surface area contributed by atoms with Crippen LogP contribution in [0.3, 0.4) is 0 Å². The van der Waals surface area contributed by atoms with Crippen LogP contribution < -0.4 is 10.9 Å². The SMILES string of the molecule is Cc1ccnn1-c1ccc(C(=O)NNC(=O)c2ccccc2F)cc1. The van der Waals surface area contributed by atoms with Crippen LogP contribution in [-0.4, -0.2) is 21.6 Å². The van der Waals surface area contributed by atoms with E-state index in [0.29, 0.717) is 5.56 Å². The van der Waals surface area contributed by atoms with Gasteiger partial charge in [0.05, 0.1) is 11.3 Å². The lowest BCUT2D eigenvalue weighted by Gasteiger charge is -2.09. The Labute approximate surface area is 143 Å². The van der Waals surface area contributed by atoms with Crippen molar-refractivity contribution < 1.29 is 14.0 Å². The van der Waals surface area contributed by atoms with Crippen molar-refractivity contribution in [3.8, 4) is 5.69 Å². The third kappa shape index (κ3) is 3.55. The van der Waals surface area contributed by atoms with Gasteiger partial charge in [-0.1, -0.05) is 12.1 Å². The van der Waals surface area contributed by atoms with E-state index in [1.165, 1.54) is 24.3 Å². The topological polar surface area (TPSA) is 76.0 Å². The van der Waals surface area contributed by atoms with E-state index in [1.54, 1.807) is 35.1 Å². The Morgan fingerprint density at radius 1 is 0.960 bits per heavy atom. The second kappa shape index (κ2) is 6.96. The van der Waals surface area contributed by atoms with Gasteiger partial charge in [-0.15, -0.1) is 0 Å². The fraction of sp³-hybridized carbons (Fsp3) is 0.0556. The molecule has 2 amide bonds. The van der Waals surface area contributed by atoms with Crippen LogP contribution in [-0.2, 0) is 0 Å². The smallest absolute Gasteiger partial charge is 0.267 e. The molecule has 1 aromatic heterocycles. The Morgan fingerprint density at radius 2 is 1.64 bits per heavy atom. The summed E-state index contributed by atoms with van der Waals surface area (Å²) in [5, 5.41) is 4.19. The molecule has 0 bridgehead atoms. The molecule has 0 saturated heterocycles. The van der Waals surface area contributed by atoms with Gasteiger partial charge in [0, 0.05) is 17.5 Å². The first-order valence-electron chi connectivity index (χ1n) is 7.52. The molecule has 0 radical (unpaired) electrons. The van der Waals surface area contributed by atoms with Gasteiger partial charge in [-0.25, -0.2) is 9.07 Å². The Bertz CT molecular complexity index is 919. The monoisotopic (exact) mass is 338 g/mol. The number of carbonyl (C=O) groups excluding carboxylic acids is 2. The highest BCUT2D eigenvalue weighted by Crippen LogP contribution is 2.11. The molecule has 0 saturated carbocycles. The van der Waals surface area contributed by atoms with Crippen molar-refractivity contribution in [3.63, 3.8) is 0 Å². The summed E-state index contributed by atoms with van der Waals surface area (Å²) in [4.78, 5) is 24.0. The predicted molar refractivity (Wildman–Crippen MR) is 89.6 cm³/mol. The van der Waals surface area contributed by atoms with Gasteiger partial charge in [0.1, 0.15) is 5.82 Å². The largest absolute Gasteiger partial charge is 0.272 e. The number of nitrogens with one attached hydrogen (secondary N) is 2. The van der Waals surface area contributed by atoms with Crippen LogP contribution in [0, 0.1) is 12.7 Å². The number of hydrogen-bond donors (Lipinski definition) is 2. The number of nitrogens with zero attached hydrogens (tertiary/aromatic N) is 2. The Morgan fingerprint density at radius 3 is 2.28 bits per heavy atom. The second-order valence-electron chi connectivity index (χ2n) is 5.32. The van der Waals surface area contributed by atoms with Gasteiger partial charge < -0.3 is 0 Å². The first-order chi connectivity index (χ1) is 12.1. The Balaban J connectivity index is 1.65. The molecule has 6 nitrogen and oxygen atoms in total. The molecule has 0 atom stereocenters. The van der Waals surface area contributed by atoms with E-state index >= 15 is 0 Å². The van der Waals surface area contributed by atoms with Crippen molar-refractivity contribution in [2.24, 2.45) is 0 Å². The zero-order chi connectivity index (χ0) is 17.8. The number of benzene rings is 2. The molecule has 0 aliphatic heterocycles. The first-order valence-corrected chi connectivity index (χ1v) is 7.52. The quantitative estimate of drug-likeness (QED) is 0.720. The van der Waals surface area contributed by atoms with Crippen LogP contribution in [0.2, 0.25) is 0 Å². The van der Waals surface area contributed by atoms with Gasteiger partial charge in [0.15, 0.2) is 0 Å². The van der Waals surface area contributed by atoms with Crippen molar-refractivity contribution in [3.05, 3.63) is 83.4 Å². The number of aromatic nitrogens is 2. The minimum atomic E-state index is -0.727. The van der Waals surface area contributed by atoms with Gasteiger partial charge in [-0.05, 0) is 49.4 Å². The molecule has 25 heavy (non-hydrogen) atoms. The summed E-state index contributed by atoms with van der Waals surface area (Å²) in [6, 6.07) is 14.1. The molecule has 2 aromatic carbocycles. The highest BCUT2D eigenvalue weighted by atomic mass is 19.1. The molecule has 7 heteroatoms. The number of hydrazine groups is 1. The maximum atomic E-state index is 13.5. The van der Waals surface area contributed by atoms with Gasteiger partial charge >= 0.3 is 0 Å². The number of hydrogen-bond acceptors (Lipinski definition) is 3. The van der Waals surface area contributed by atoms with E-state index in [0.717, 1.165) is 11.4 Å². The van der Waals surface area contributed by atoms with Crippen molar-refractivity contribution in [1.29, 1.82) is 0 Å². The zero-order valence-corrected chi connectivity index (χ0v) is 13.4. The summed E-state index contributed by atoms with van der Waals surface area (Å²) in [5.74, 6) is -1.89.